The van der Waals surface area contributed by atoms with E-state index in [4.69, 9.17) is 4.74 Å². The topological polar surface area (TPSA) is 90.6 Å². The minimum Gasteiger partial charge on any atom is -0.402 e. The third-order valence-electron chi connectivity index (χ3n) is 2.50. The van der Waals surface area contributed by atoms with Gasteiger partial charge in [0.05, 0.1) is 5.69 Å². The molecule has 0 radical (unpaired) electrons. The Morgan fingerprint density at radius 3 is 2.61 bits per heavy atom. The number of amides is 1. The van der Waals surface area contributed by atoms with Crippen molar-refractivity contribution in [3.05, 3.63) is 11.3 Å². The van der Waals surface area contributed by atoms with Gasteiger partial charge in [0.15, 0.2) is 0 Å². The molecule has 0 bridgehead atoms. The lowest BCUT2D eigenvalue weighted by atomic mass is 10.1. The molecule has 0 aromatic carbocycles. The van der Waals surface area contributed by atoms with Crippen LogP contribution in [-0.4, -0.2) is 33.3 Å². The lowest BCUT2D eigenvalue weighted by Crippen LogP contribution is -2.30. The van der Waals surface area contributed by atoms with Crippen molar-refractivity contribution in [3.63, 3.8) is 0 Å². The molecule has 0 atom stereocenters. The molecule has 7 nitrogen and oxygen atoms in total. The first-order valence-corrected chi connectivity index (χ1v) is 5.30. The normalized spacial score (nSPS) is 16.4. The number of aliphatic imine (C=N–C) groups is 1. The maximum absolute atomic E-state index is 11.6. The second-order valence-corrected chi connectivity index (χ2v) is 3.94. The number of fused-ring (bicyclic) bond motifs is 1. The third kappa shape index (κ3) is 1.94. The molecular formula is C11H11N3O4. The summed E-state index contributed by atoms with van der Waals surface area (Å²) in [5.74, 6) is -1.42. The highest BCUT2D eigenvalue weighted by Crippen LogP contribution is 2.27. The first-order valence-electron chi connectivity index (χ1n) is 5.30. The molecule has 1 aromatic heterocycles. The van der Waals surface area contributed by atoms with E-state index < -0.39 is 11.9 Å². The average Bonchev–Trinajstić information content (AvgIpc) is 2.56. The molecule has 0 saturated carbocycles. The third-order valence-corrected chi connectivity index (χ3v) is 2.50. The van der Waals surface area contributed by atoms with Gasteiger partial charge in [-0.3, -0.25) is 9.59 Å². The van der Waals surface area contributed by atoms with Gasteiger partial charge >= 0.3 is 5.97 Å². The van der Waals surface area contributed by atoms with Crippen LogP contribution in [0.1, 0.15) is 29.9 Å². The second-order valence-electron chi connectivity index (χ2n) is 3.94. The van der Waals surface area contributed by atoms with E-state index in [0.29, 0.717) is 11.3 Å². The smallest absolute Gasteiger partial charge is 0.359 e. The van der Waals surface area contributed by atoms with Crippen molar-refractivity contribution in [3.8, 4) is 5.88 Å². The number of nitrogens with zero attached hydrogens (tertiary/aromatic N) is 3. The highest BCUT2D eigenvalue weighted by Gasteiger charge is 2.31. The maximum atomic E-state index is 11.6. The van der Waals surface area contributed by atoms with Gasteiger partial charge in [0.1, 0.15) is 5.71 Å². The van der Waals surface area contributed by atoms with E-state index in [2.05, 4.69) is 10.1 Å². The second kappa shape index (κ2) is 4.17. The van der Waals surface area contributed by atoms with Gasteiger partial charge in [-0.1, -0.05) is 0 Å². The van der Waals surface area contributed by atoms with E-state index in [-0.39, 0.29) is 23.9 Å². The molecule has 0 fully saturated rings. The van der Waals surface area contributed by atoms with Gasteiger partial charge in [0.25, 0.3) is 0 Å². The summed E-state index contributed by atoms with van der Waals surface area (Å²) in [6, 6.07) is 0. The quantitative estimate of drug-likeness (QED) is 0.617. The van der Waals surface area contributed by atoms with Gasteiger partial charge in [0, 0.05) is 25.8 Å². The van der Waals surface area contributed by atoms with Crippen LogP contribution in [0.2, 0.25) is 0 Å². The summed E-state index contributed by atoms with van der Waals surface area (Å²) >= 11 is 0. The maximum Gasteiger partial charge on any atom is 0.359 e. The lowest BCUT2D eigenvalue weighted by Gasteiger charge is -2.14. The van der Waals surface area contributed by atoms with Crippen LogP contribution in [-0.2, 0) is 16.0 Å². The molecule has 1 aliphatic heterocycles. The molecule has 1 aromatic rings. The van der Waals surface area contributed by atoms with E-state index in [1.807, 2.05) is 0 Å². The molecule has 2 rings (SSSR count). The van der Waals surface area contributed by atoms with Crippen molar-refractivity contribution < 1.29 is 19.1 Å². The number of hydrogen-bond donors (Lipinski definition) is 0. The Labute approximate surface area is 102 Å². The molecule has 0 spiro atoms. The molecule has 0 N–H and O–H groups in total. The van der Waals surface area contributed by atoms with Crippen LogP contribution in [0.25, 0.3) is 0 Å². The highest BCUT2D eigenvalue weighted by molar-refractivity contribution is 6.40. The molecule has 1 aliphatic rings. The molecule has 2 heterocycles. The molecule has 18 heavy (non-hydrogen) atoms. The largest absolute Gasteiger partial charge is 0.402 e. The van der Waals surface area contributed by atoms with Gasteiger partial charge in [-0.2, -0.15) is 9.78 Å². The summed E-state index contributed by atoms with van der Waals surface area (Å²) in [7, 11) is 0. The van der Waals surface area contributed by atoms with Gasteiger partial charge in [-0.15, -0.1) is 0 Å². The summed E-state index contributed by atoms with van der Waals surface area (Å²) in [5.41, 5.74) is 1.20. The van der Waals surface area contributed by atoms with Crippen LogP contribution in [0.3, 0.4) is 0 Å². The number of hydrogen-bond acceptors (Lipinski definition) is 5. The molecular weight excluding hydrogens is 238 g/mol. The summed E-state index contributed by atoms with van der Waals surface area (Å²) in [5, 5.41) is 3.99. The Morgan fingerprint density at radius 1 is 1.39 bits per heavy atom. The zero-order valence-corrected chi connectivity index (χ0v) is 10.2. The van der Waals surface area contributed by atoms with Gasteiger partial charge < -0.3 is 4.74 Å². The van der Waals surface area contributed by atoms with Crippen molar-refractivity contribution in [1.82, 2.24) is 9.78 Å². The fourth-order valence-electron chi connectivity index (χ4n) is 1.72. The average molecular weight is 249 g/mol. The number of carbonyl (C=O) groups is 3. The fourth-order valence-corrected chi connectivity index (χ4v) is 1.72. The molecule has 0 saturated heterocycles. The number of aryl methyl sites for hydroxylation is 1. The van der Waals surface area contributed by atoms with Crippen LogP contribution in [0.5, 0.6) is 5.88 Å². The highest BCUT2D eigenvalue weighted by atomic mass is 16.5. The standard InChI is InChI=1S/C11H11N3O4/c1-5-8-4-9(12-6(2)15)11(17)18-10(8)14(13-5)7(3)16/h4H2,1-3H3. The number of ether oxygens (including phenoxy) is 1. The Kier molecular flexibility index (Phi) is 2.82. The van der Waals surface area contributed by atoms with Crippen LogP contribution in [0.4, 0.5) is 0 Å². The van der Waals surface area contributed by atoms with E-state index in [1.54, 1.807) is 6.92 Å². The van der Waals surface area contributed by atoms with Crippen molar-refractivity contribution in [1.29, 1.82) is 0 Å². The molecule has 1 amide bonds. The van der Waals surface area contributed by atoms with Crippen LogP contribution in [0, 0.1) is 6.92 Å². The van der Waals surface area contributed by atoms with E-state index >= 15 is 0 Å². The zero-order chi connectivity index (χ0) is 13.4. The molecule has 7 heteroatoms. The number of aromatic nitrogens is 2. The number of rotatable bonds is 0. The first kappa shape index (κ1) is 12.2. The summed E-state index contributed by atoms with van der Waals surface area (Å²) < 4.78 is 6.05. The van der Waals surface area contributed by atoms with Gasteiger partial charge in [0.2, 0.25) is 17.7 Å². The Morgan fingerprint density at radius 2 is 2.06 bits per heavy atom. The Bertz CT molecular complexity index is 598. The van der Waals surface area contributed by atoms with Crippen molar-refractivity contribution in [2.75, 3.05) is 0 Å². The lowest BCUT2D eigenvalue weighted by molar-refractivity contribution is -0.128. The molecule has 0 unspecified atom stereocenters. The monoisotopic (exact) mass is 249 g/mol. The number of esters is 1. The summed E-state index contributed by atoms with van der Waals surface area (Å²) in [6.45, 7) is 4.27. The summed E-state index contributed by atoms with van der Waals surface area (Å²) in [4.78, 5) is 37.4. The van der Waals surface area contributed by atoms with Crippen molar-refractivity contribution in [2.24, 2.45) is 4.99 Å². The van der Waals surface area contributed by atoms with E-state index in [1.165, 1.54) is 13.8 Å². The first-order chi connectivity index (χ1) is 8.40. The molecule has 94 valence electrons. The van der Waals surface area contributed by atoms with E-state index in [0.717, 1.165) is 4.68 Å². The van der Waals surface area contributed by atoms with Crippen LogP contribution < -0.4 is 4.74 Å². The zero-order valence-electron chi connectivity index (χ0n) is 10.2. The molecule has 0 aliphatic carbocycles. The minimum atomic E-state index is -0.722. The number of carbonyl (C=O) groups excluding carboxylic acids is 3. The van der Waals surface area contributed by atoms with Crippen LogP contribution in [0.15, 0.2) is 4.99 Å². The van der Waals surface area contributed by atoms with Crippen molar-refractivity contribution in [2.45, 2.75) is 27.2 Å². The Balaban J connectivity index is 2.50. The Hall–Kier alpha value is -2.31. The predicted molar refractivity (Wildman–Crippen MR) is 60.7 cm³/mol. The predicted octanol–water partition coefficient (Wildman–Crippen LogP) is 0.301. The SMILES string of the molecule is CC(=O)N=C1Cc2c(C)nn(C(C)=O)c2OC1=O. The van der Waals surface area contributed by atoms with Crippen molar-refractivity contribution >= 4 is 23.5 Å². The van der Waals surface area contributed by atoms with Gasteiger partial charge in [-0.05, 0) is 6.92 Å². The minimum absolute atomic E-state index is 0.0289. The van der Waals surface area contributed by atoms with Gasteiger partial charge in [-0.25, -0.2) is 9.79 Å². The van der Waals surface area contributed by atoms with Crippen LogP contribution >= 0.6 is 0 Å². The fraction of sp³-hybridized carbons (Fsp3) is 0.364. The van der Waals surface area contributed by atoms with E-state index in [9.17, 15) is 14.4 Å². The summed E-state index contributed by atoms with van der Waals surface area (Å²) in [6.07, 6.45) is 0.146.